The molecule has 1 aromatic carbocycles. The SMILES string of the molecule is CN(CC(=O)N1CCN(C2CCS(=O)(=O)C2)CC1)Cc1ccc(Cl)cc1. The predicted octanol–water partition coefficient (Wildman–Crippen LogP) is 1.10. The first-order valence-corrected chi connectivity index (χ1v) is 11.2. The second-order valence-corrected chi connectivity index (χ2v) is 9.94. The Kier molecular flexibility index (Phi) is 6.22. The monoisotopic (exact) mass is 399 g/mol. The molecule has 6 nitrogen and oxygen atoms in total. The summed E-state index contributed by atoms with van der Waals surface area (Å²) in [6.45, 7) is 3.93. The minimum atomic E-state index is -2.86. The summed E-state index contributed by atoms with van der Waals surface area (Å²) in [7, 11) is -0.924. The van der Waals surface area contributed by atoms with E-state index in [4.69, 9.17) is 11.6 Å². The number of nitrogens with zero attached hydrogens (tertiary/aromatic N) is 3. The molecule has 3 rings (SSSR count). The van der Waals surface area contributed by atoms with Gasteiger partial charge in [0.05, 0.1) is 18.1 Å². The molecule has 0 bridgehead atoms. The van der Waals surface area contributed by atoms with Crippen LogP contribution in [-0.4, -0.2) is 86.3 Å². The Bertz CT molecular complexity index is 731. The number of hydrogen-bond donors (Lipinski definition) is 0. The molecule has 1 aromatic rings. The highest BCUT2D eigenvalue weighted by atomic mass is 35.5. The predicted molar refractivity (Wildman–Crippen MR) is 103 cm³/mol. The van der Waals surface area contributed by atoms with Crippen molar-refractivity contribution in [3.63, 3.8) is 0 Å². The summed E-state index contributed by atoms with van der Waals surface area (Å²) in [4.78, 5) is 18.6. The Morgan fingerprint density at radius 3 is 2.42 bits per heavy atom. The first-order valence-electron chi connectivity index (χ1n) is 8.98. The summed E-state index contributed by atoms with van der Waals surface area (Å²) in [5.74, 6) is 0.692. The molecule has 0 saturated carbocycles. The number of carbonyl (C=O) groups is 1. The molecule has 0 aliphatic carbocycles. The number of halogens is 1. The van der Waals surface area contributed by atoms with Crippen LogP contribution in [0.25, 0.3) is 0 Å². The number of rotatable bonds is 5. The molecule has 1 atom stereocenters. The van der Waals surface area contributed by atoms with Crippen molar-refractivity contribution < 1.29 is 13.2 Å². The lowest BCUT2D eigenvalue weighted by Crippen LogP contribution is -2.53. The largest absolute Gasteiger partial charge is 0.339 e. The Balaban J connectivity index is 1.44. The third kappa shape index (κ3) is 5.19. The first kappa shape index (κ1) is 19.6. The normalized spacial score (nSPS) is 23.5. The first-order chi connectivity index (χ1) is 12.3. The van der Waals surface area contributed by atoms with Gasteiger partial charge in [-0.1, -0.05) is 23.7 Å². The van der Waals surface area contributed by atoms with Crippen molar-refractivity contribution in [3.05, 3.63) is 34.9 Å². The highest BCUT2D eigenvalue weighted by Gasteiger charge is 2.34. The van der Waals surface area contributed by atoms with Crippen LogP contribution < -0.4 is 0 Å². The zero-order valence-electron chi connectivity index (χ0n) is 15.1. The lowest BCUT2D eigenvalue weighted by atomic mass is 10.2. The molecule has 8 heteroatoms. The third-order valence-electron chi connectivity index (χ3n) is 5.16. The maximum atomic E-state index is 12.5. The summed E-state index contributed by atoms with van der Waals surface area (Å²) >= 11 is 5.90. The van der Waals surface area contributed by atoms with Crippen LogP contribution in [0.5, 0.6) is 0 Å². The van der Waals surface area contributed by atoms with Gasteiger partial charge in [-0.25, -0.2) is 8.42 Å². The highest BCUT2D eigenvalue weighted by Crippen LogP contribution is 2.19. The second kappa shape index (κ2) is 8.25. The van der Waals surface area contributed by atoms with Gasteiger partial charge in [0.15, 0.2) is 9.84 Å². The van der Waals surface area contributed by atoms with Crippen LogP contribution in [0.3, 0.4) is 0 Å². The molecule has 2 heterocycles. The van der Waals surface area contributed by atoms with Crippen molar-refractivity contribution >= 4 is 27.3 Å². The van der Waals surface area contributed by atoms with Gasteiger partial charge in [0, 0.05) is 43.8 Å². The van der Waals surface area contributed by atoms with Crippen LogP contribution in [0.15, 0.2) is 24.3 Å². The molecule has 0 N–H and O–H groups in total. The van der Waals surface area contributed by atoms with Crippen LogP contribution in [0.4, 0.5) is 0 Å². The molecular weight excluding hydrogens is 374 g/mol. The van der Waals surface area contributed by atoms with Gasteiger partial charge < -0.3 is 4.90 Å². The average molecular weight is 400 g/mol. The van der Waals surface area contributed by atoms with Crippen LogP contribution in [0.2, 0.25) is 5.02 Å². The smallest absolute Gasteiger partial charge is 0.236 e. The summed E-state index contributed by atoms with van der Waals surface area (Å²) in [6.07, 6.45) is 0.722. The maximum absolute atomic E-state index is 12.5. The van der Waals surface area contributed by atoms with Gasteiger partial charge in [-0.15, -0.1) is 0 Å². The van der Waals surface area contributed by atoms with Gasteiger partial charge in [-0.2, -0.15) is 0 Å². The van der Waals surface area contributed by atoms with Gasteiger partial charge in [0.2, 0.25) is 5.91 Å². The molecule has 1 amide bonds. The van der Waals surface area contributed by atoms with Gasteiger partial charge in [-0.3, -0.25) is 14.6 Å². The number of amides is 1. The van der Waals surface area contributed by atoms with Crippen LogP contribution >= 0.6 is 11.6 Å². The Morgan fingerprint density at radius 1 is 1.19 bits per heavy atom. The van der Waals surface area contributed by atoms with E-state index < -0.39 is 9.84 Å². The van der Waals surface area contributed by atoms with Crippen LogP contribution in [-0.2, 0) is 21.2 Å². The standard InChI is InChI=1S/C18H26ClN3O3S/c1-20(12-15-2-4-16(19)5-3-15)13-18(23)22-9-7-21(8-10-22)17-6-11-26(24,25)14-17/h2-5,17H,6-14H2,1H3. The lowest BCUT2D eigenvalue weighted by molar-refractivity contribution is -0.134. The van der Waals surface area contributed by atoms with Crippen molar-refractivity contribution in [2.24, 2.45) is 0 Å². The Hall–Kier alpha value is -1.15. The Labute approximate surface area is 160 Å². The molecule has 0 aromatic heterocycles. The topological polar surface area (TPSA) is 60.9 Å². The van der Waals surface area contributed by atoms with Crippen LogP contribution in [0.1, 0.15) is 12.0 Å². The van der Waals surface area contributed by atoms with E-state index >= 15 is 0 Å². The fourth-order valence-electron chi connectivity index (χ4n) is 3.69. The van der Waals surface area contributed by atoms with Gasteiger partial charge in [0.1, 0.15) is 0 Å². The van der Waals surface area contributed by atoms with E-state index in [0.717, 1.165) is 25.1 Å². The van der Waals surface area contributed by atoms with Crippen molar-refractivity contribution in [2.45, 2.75) is 19.0 Å². The average Bonchev–Trinajstić information content (AvgIpc) is 2.97. The zero-order chi connectivity index (χ0) is 18.7. The molecule has 144 valence electrons. The van der Waals surface area contributed by atoms with E-state index in [9.17, 15) is 13.2 Å². The van der Waals surface area contributed by atoms with E-state index in [1.54, 1.807) is 0 Å². The molecule has 2 fully saturated rings. The third-order valence-corrected chi connectivity index (χ3v) is 7.17. The summed E-state index contributed by atoms with van der Waals surface area (Å²) in [6, 6.07) is 7.78. The number of hydrogen-bond acceptors (Lipinski definition) is 5. The summed E-state index contributed by atoms with van der Waals surface area (Å²) < 4.78 is 23.3. The summed E-state index contributed by atoms with van der Waals surface area (Å²) in [5, 5.41) is 0.709. The molecule has 2 saturated heterocycles. The van der Waals surface area contributed by atoms with E-state index in [1.165, 1.54) is 0 Å². The fourth-order valence-corrected chi connectivity index (χ4v) is 5.58. The van der Waals surface area contributed by atoms with Crippen LogP contribution in [0, 0.1) is 0 Å². The molecule has 26 heavy (non-hydrogen) atoms. The van der Waals surface area contributed by atoms with Crippen molar-refractivity contribution in [3.8, 4) is 0 Å². The molecule has 2 aliphatic heterocycles. The number of sulfone groups is 1. The van der Waals surface area contributed by atoms with Gasteiger partial charge >= 0.3 is 0 Å². The minimum absolute atomic E-state index is 0.125. The number of carbonyl (C=O) groups excluding carboxylic acids is 1. The maximum Gasteiger partial charge on any atom is 0.236 e. The minimum Gasteiger partial charge on any atom is -0.339 e. The molecule has 0 radical (unpaired) electrons. The van der Waals surface area contributed by atoms with Gasteiger partial charge in [-0.05, 0) is 31.2 Å². The summed E-state index contributed by atoms with van der Waals surface area (Å²) in [5.41, 5.74) is 1.12. The van der Waals surface area contributed by atoms with E-state index in [1.807, 2.05) is 41.1 Å². The number of likely N-dealkylation sites (N-methyl/N-ethyl adjacent to an activating group) is 1. The molecule has 2 aliphatic rings. The molecule has 1 unspecified atom stereocenters. The van der Waals surface area contributed by atoms with E-state index in [2.05, 4.69) is 4.90 Å². The van der Waals surface area contributed by atoms with E-state index in [-0.39, 0.29) is 17.7 Å². The van der Waals surface area contributed by atoms with Crippen molar-refractivity contribution in [2.75, 3.05) is 51.3 Å². The quantitative estimate of drug-likeness (QED) is 0.742. The number of benzene rings is 1. The fraction of sp³-hybridized carbons (Fsp3) is 0.611. The number of piperazine rings is 1. The second-order valence-electron chi connectivity index (χ2n) is 7.27. The lowest BCUT2D eigenvalue weighted by Gasteiger charge is -2.38. The molecular formula is C18H26ClN3O3S. The van der Waals surface area contributed by atoms with Gasteiger partial charge in [0.25, 0.3) is 0 Å². The van der Waals surface area contributed by atoms with E-state index in [0.29, 0.717) is 37.0 Å². The highest BCUT2D eigenvalue weighted by molar-refractivity contribution is 7.91. The van der Waals surface area contributed by atoms with Crippen molar-refractivity contribution in [1.82, 2.24) is 14.7 Å². The zero-order valence-corrected chi connectivity index (χ0v) is 16.7. The van der Waals surface area contributed by atoms with Crippen molar-refractivity contribution in [1.29, 1.82) is 0 Å². The Morgan fingerprint density at radius 2 is 1.85 bits per heavy atom. The molecule has 0 spiro atoms.